The first-order chi connectivity index (χ1) is 7.49. The highest BCUT2D eigenvalue weighted by atomic mass is 19.3. The molecule has 0 N–H and O–H groups in total. The summed E-state index contributed by atoms with van der Waals surface area (Å²) in [4.78, 5) is 20.2. The predicted molar refractivity (Wildman–Crippen MR) is 52.6 cm³/mol. The van der Waals surface area contributed by atoms with Gasteiger partial charge in [0, 0.05) is 23.5 Å². The first-order valence-corrected chi connectivity index (χ1v) is 4.61. The Morgan fingerprint density at radius 3 is 2.44 bits per heavy atom. The summed E-state index contributed by atoms with van der Waals surface area (Å²) in [6.07, 6.45) is 4.16. The van der Waals surface area contributed by atoms with Gasteiger partial charge in [0.25, 0.3) is 11.8 Å². The topological polar surface area (TPSA) is 46.1 Å². The van der Waals surface area contributed by atoms with Crippen molar-refractivity contribution in [2.24, 2.45) is 0 Å². The standard InChI is InChI=1S/C10H9F2N3O/c1-7(8-2-13-6-14-3-8)9(16)15-4-10(11,12)5-15/h2-3,6H,1,4-5H2. The van der Waals surface area contributed by atoms with Crippen molar-refractivity contribution in [3.63, 3.8) is 0 Å². The Labute approximate surface area is 90.6 Å². The lowest BCUT2D eigenvalue weighted by Crippen LogP contribution is -2.58. The molecule has 6 heteroatoms. The Morgan fingerprint density at radius 1 is 1.38 bits per heavy atom. The van der Waals surface area contributed by atoms with Crippen molar-refractivity contribution >= 4 is 11.5 Å². The molecule has 1 saturated heterocycles. The summed E-state index contributed by atoms with van der Waals surface area (Å²) < 4.78 is 25.1. The van der Waals surface area contributed by atoms with Gasteiger partial charge >= 0.3 is 0 Å². The van der Waals surface area contributed by atoms with E-state index >= 15 is 0 Å². The smallest absolute Gasteiger partial charge is 0.282 e. The molecular weight excluding hydrogens is 216 g/mol. The Hall–Kier alpha value is -1.85. The molecule has 0 spiro atoms. The van der Waals surface area contributed by atoms with Gasteiger partial charge in [0.2, 0.25) is 0 Å². The van der Waals surface area contributed by atoms with Crippen LogP contribution in [0.3, 0.4) is 0 Å². The molecule has 2 heterocycles. The Kier molecular flexibility index (Phi) is 2.41. The fraction of sp³-hybridized carbons (Fsp3) is 0.300. The van der Waals surface area contributed by atoms with Crippen molar-refractivity contribution in [3.05, 3.63) is 30.9 Å². The zero-order valence-corrected chi connectivity index (χ0v) is 8.36. The average Bonchev–Trinajstić information content (AvgIpc) is 2.25. The minimum absolute atomic E-state index is 0.135. The lowest BCUT2D eigenvalue weighted by Gasteiger charge is -2.38. The quantitative estimate of drug-likeness (QED) is 0.704. The highest BCUT2D eigenvalue weighted by molar-refractivity contribution is 6.18. The SMILES string of the molecule is C=C(C(=O)N1CC(F)(F)C1)c1cncnc1. The molecule has 16 heavy (non-hydrogen) atoms. The van der Waals surface area contributed by atoms with Gasteiger partial charge in [0.05, 0.1) is 13.1 Å². The maximum Gasteiger partial charge on any atom is 0.282 e. The van der Waals surface area contributed by atoms with Gasteiger partial charge in [-0.15, -0.1) is 0 Å². The van der Waals surface area contributed by atoms with Gasteiger partial charge in [-0.1, -0.05) is 6.58 Å². The van der Waals surface area contributed by atoms with Crippen molar-refractivity contribution < 1.29 is 13.6 Å². The van der Waals surface area contributed by atoms with Crippen LogP contribution in [0.2, 0.25) is 0 Å². The normalized spacial score (nSPS) is 17.8. The zero-order chi connectivity index (χ0) is 11.8. The molecule has 1 aromatic rings. The summed E-state index contributed by atoms with van der Waals surface area (Å²) >= 11 is 0. The number of nitrogens with zero attached hydrogens (tertiary/aromatic N) is 3. The lowest BCUT2D eigenvalue weighted by atomic mass is 10.1. The third kappa shape index (κ3) is 1.91. The van der Waals surface area contributed by atoms with Crippen molar-refractivity contribution in [1.29, 1.82) is 0 Å². The third-order valence-electron chi connectivity index (χ3n) is 2.30. The van der Waals surface area contributed by atoms with E-state index in [9.17, 15) is 13.6 Å². The van der Waals surface area contributed by atoms with Crippen LogP contribution in [0.4, 0.5) is 8.78 Å². The molecule has 1 fully saturated rings. The Morgan fingerprint density at radius 2 is 1.94 bits per heavy atom. The van der Waals surface area contributed by atoms with Crippen LogP contribution in [0.25, 0.3) is 5.57 Å². The minimum Gasteiger partial charge on any atom is -0.326 e. The molecule has 4 nitrogen and oxygen atoms in total. The van der Waals surface area contributed by atoms with Crippen molar-refractivity contribution in [1.82, 2.24) is 14.9 Å². The molecule has 0 unspecified atom stereocenters. The molecule has 0 aromatic carbocycles. The van der Waals surface area contributed by atoms with E-state index in [1.165, 1.54) is 18.7 Å². The van der Waals surface area contributed by atoms with Gasteiger partial charge in [-0.3, -0.25) is 4.79 Å². The number of amides is 1. The van der Waals surface area contributed by atoms with E-state index in [1.807, 2.05) is 0 Å². The van der Waals surface area contributed by atoms with Crippen LogP contribution in [0.1, 0.15) is 5.56 Å². The van der Waals surface area contributed by atoms with Crippen LogP contribution in [0.15, 0.2) is 25.3 Å². The average molecular weight is 225 g/mol. The highest BCUT2D eigenvalue weighted by Gasteiger charge is 2.46. The minimum atomic E-state index is -2.76. The molecule has 0 saturated carbocycles. The summed E-state index contributed by atoms with van der Waals surface area (Å²) in [5.41, 5.74) is 0.582. The zero-order valence-electron chi connectivity index (χ0n) is 8.36. The van der Waals surface area contributed by atoms with E-state index in [1.54, 1.807) is 0 Å². The van der Waals surface area contributed by atoms with Gasteiger partial charge in [0.15, 0.2) is 0 Å². The largest absolute Gasteiger partial charge is 0.326 e. The molecule has 1 aliphatic heterocycles. The van der Waals surface area contributed by atoms with Crippen LogP contribution in [0, 0.1) is 0 Å². The van der Waals surface area contributed by atoms with Gasteiger partial charge in [-0.05, 0) is 0 Å². The molecule has 0 radical (unpaired) electrons. The second-order valence-electron chi connectivity index (χ2n) is 3.62. The predicted octanol–water partition coefficient (Wildman–Crippen LogP) is 0.967. The van der Waals surface area contributed by atoms with Crippen LogP contribution in [-0.2, 0) is 4.79 Å². The van der Waals surface area contributed by atoms with Crippen LogP contribution < -0.4 is 0 Å². The van der Waals surface area contributed by atoms with Crippen molar-refractivity contribution in [2.45, 2.75) is 5.92 Å². The summed E-state index contributed by atoms with van der Waals surface area (Å²) in [6, 6.07) is 0. The molecule has 0 atom stereocenters. The first kappa shape index (κ1) is 10.7. The second-order valence-corrected chi connectivity index (χ2v) is 3.62. The second kappa shape index (κ2) is 3.62. The van der Waals surface area contributed by atoms with E-state index in [0.717, 1.165) is 4.90 Å². The van der Waals surface area contributed by atoms with E-state index in [0.29, 0.717) is 5.56 Å². The highest BCUT2D eigenvalue weighted by Crippen LogP contribution is 2.29. The lowest BCUT2D eigenvalue weighted by molar-refractivity contribution is -0.159. The summed E-state index contributed by atoms with van der Waals surface area (Å²) in [6.45, 7) is 2.47. The molecule has 84 valence electrons. The maximum atomic E-state index is 12.6. The Balaban J connectivity index is 2.05. The number of halogens is 2. The Bertz CT molecular complexity index is 425. The molecule has 0 aliphatic carbocycles. The summed E-state index contributed by atoms with van der Waals surface area (Å²) in [5.74, 6) is -3.26. The van der Waals surface area contributed by atoms with Crippen LogP contribution in [0.5, 0.6) is 0 Å². The number of aromatic nitrogens is 2. The van der Waals surface area contributed by atoms with Gasteiger partial charge < -0.3 is 4.90 Å². The van der Waals surface area contributed by atoms with Crippen LogP contribution >= 0.6 is 0 Å². The fourth-order valence-corrected chi connectivity index (χ4v) is 1.43. The molecular formula is C10H9F2N3O. The number of rotatable bonds is 2. The monoisotopic (exact) mass is 225 g/mol. The number of hydrogen-bond donors (Lipinski definition) is 0. The van der Waals surface area contributed by atoms with Gasteiger partial charge in [-0.2, -0.15) is 0 Å². The number of hydrogen-bond acceptors (Lipinski definition) is 3. The summed E-state index contributed by atoms with van der Waals surface area (Å²) in [5, 5.41) is 0. The van der Waals surface area contributed by atoms with Crippen molar-refractivity contribution in [3.8, 4) is 0 Å². The van der Waals surface area contributed by atoms with Crippen molar-refractivity contribution in [2.75, 3.05) is 13.1 Å². The first-order valence-electron chi connectivity index (χ1n) is 4.61. The van der Waals surface area contributed by atoms with Crippen LogP contribution in [-0.4, -0.2) is 39.8 Å². The molecule has 1 aromatic heterocycles. The van der Waals surface area contributed by atoms with Gasteiger partial charge in [0.1, 0.15) is 6.33 Å². The molecule has 1 amide bonds. The molecule has 0 bridgehead atoms. The van der Waals surface area contributed by atoms with E-state index in [4.69, 9.17) is 0 Å². The number of alkyl halides is 2. The van der Waals surface area contributed by atoms with E-state index in [2.05, 4.69) is 16.5 Å². The maximum absolute atomic E-state index is 12.6. The molecule has 2 rings (SSSR count). The number of carbonyl (C=O) groups excluding carboxylic acids is 1. The summed E-state index contributed by atoms with van der Waals surface area (Å²) in [7, 11) is 0. The number of carbonyl (C=O) groups is 1. The third-order valence-corrected chi connectivity index (χ3v) is 2.30. The number of likely N-dealkylation sites (tertiary alicyclic amines) is 1. The molecule has 1 aliphatic rings. The van der Waals surface area contributed by atoms with E-state index < -0.39 is 24.9 Å². The van der Waals surface area contributed by atoms with Gasteiger partial charge in [-0.25, -0.2) is 18.7 Å². The van der Waals surface area contributed by atoms with E-state index in [-0.39, 0.29) is 5.57 Å². The fourth-order valence-electron chi connectivity index (χ4n) is 1.43.